The number of nitro benzene ring substituents is 1. The van der Waals surface area contributed by atoms with Gasteiger partial charge in [-0.2, -0.15) is 13.5 Å². The van der Waals surface area contributed by atoms with Gasteiger partial charge in [0.1, 0.15) is 0 Å². The minimum Gasteiger partial charge on any atom is -0.493 e. The van der Waals surface area contributed by atoms with Crippen molar-refractivity contribution in [1.29, 1.82) is 0 Å². The fourth-order valence-electron chi connectivity index (χ4n) is 2.16. The predicted octanol–water partition coefficient (Wildman–Crippen LogP) is 1.93. The molecular formula is C16H17N3O7S. The molecule has 0 spiro atoms. The molecule has 0 atom stereocenters. The van der Waals surface area contributed by atoms with Gasteiger partial charge in [0.2, 0.25) is 5.75 Å². The van der Waals surface area contributed by atoms with Gasteiger partial charge in [-0.25, -0.2) is 4.83 Å². The quantitative estimate of drug-likeness (QED) is 0.411. The number of nitrogens with zero attached hydrogens (tertiary/aromatic N) is 2. The van der Waals surface area contributed by atoms with Gasteiger partial charge < -0.3 is 14.2 Å². The third kappa shape index (κ3) is 4.64. The number of non-ortho nitro benzene ring substituents is 1. The molecule has 2 aromatic carbocycles. The average Bonchev–Trinajstić information content (AvgIpc) is 2.67. The molecule has 0 aliphatic heterocycles. The second-order valence-electron chi connectivity index (χ2n) is 5.07. The maximum absolute atomic E-state index is 12.2. The van der Waals surface area contributed by atoms with Gasteiger partial charge in [-0.15, -0.1) is 0 Å². The van der Waals surface area contributed by atoms with Crippen LogP contribution in [0.5, 0.6) is 17.2 Å². The Bertz CT molecular complexity index is 949. The number of hydrazone groups is 1. The van der Waals surface area contributed by atoms with Crippen molar-refractivity contribution in [1.82, 2.24) is 4.83 Å². The molecular weight excluding hydrogens is 378 g/mol. The van der Waals surface area contributed by atoms with Crippen LogP contribution in [0, 0.1) is 10.1 Å². The molecule has 11 heteroatoms. The molecule has 2 rings (SSSR count). The van der Waals surface area contributed by atoms with E-state index < -0.39 is 14.9 Å². The van der Waals surface area contributed by atoms with E-state index >= 15 is 0 Å². The normalized spacial score (nSPS) is 11.2. The van der Waals surface area contributed by atoms with Crippen LogP contribution < -0.4 is 19.0 Å². The number of rotatable bonds is 8. The van der Waals surface area contributed by atoms with Gasteiger partial charge in [0.15, 0.2) is 11.5 Å². The first kappa shape index (κ1) is 20.0. The van der Waals surface area contributed by atoms with E-state index in [1.807, 2.05) is 4.83 Å². The minimum atomic E-state index is -4.07. The first-order valence-electron chi connectivity index (χ1n) is 7.41. The van der Waals surface area contributed by atoms with Crippen LogP contribution in [-0.4, -0.2) is 40.9 Å². The zero-order chi connectivity index (χ0) is 20.0. The summed E-state index contributed by atoms with van der Waals surface area (Å²) in [5.41, 5.74) is 0.137. The maximum atomic E-state index is 12.2. The Morgan fingerprint density at radius 1 is 1.07 bits per heavy atom. The fourth-order valence-corrected chi connectivity index (χ4v) is 2.99. The highest BCUT2D eigenvalue weighted by molar-refractivity contribution is 7.89. The number of hydrogen-bond acceptors (Lipinski definition) is 8. The van der Waals surface area contributed by atoms with Gasteiger partial charge in [0, 0.05) is 17.7 Å². The van der Waals surface area contributed by atoms with Crippen molar-refractivity contribution in [3.05, 3.63) is 52.1 Å². The van der Waals surface area contributed by atoms with E-state index in [0.717, 1.165) is 6.07 Å². The Morgan fingerprint density at radius 3 is 2.22 bits per heavy atom. The van der Waals surface area contributed by atoms with Crippen LogP contribution in [0.25, 0.3) is 0 Å². The lowest BCUT2D eigenvalue weighted by Crippen LogP contribution is -2.18. The molecule has 0 saturated carbocycles. The summed E-state index contributed by atoms with van der Waals surface area (Å²) < 4.78 is 40.1. The Balaban J connectivity index is 2.26. The van der Waals surface area contributed by atoms with E-state index in [2.05, 4.69) is 5.10 Å². The fraction of sp³-hybridized carbons (Fsp3) is 0.188. The number of nitrogens with one attached hydrogen (secondary N) is 1. The van der Waals surface area contributed by atoms with Gasteiger partial charge in [-0.05, 0) is 18.2 Å². The number of sulfonamides is 1. The van der Waals surface area contributed by atoms with E-state index in [-0.39, 0.29) is 10.6 Å². The van der Waals surface area contributed by atoms with Gasteiger partial charge >= 0.3 is 0 Å². The van der Waals surface area contributed by atoms with E-state index in [1.54, 1.807) is 12.1 Å². The lowest BCUT2D eigenvalue weighted by atomic mass is 10.2. The highest BCUT2D eigenvalue weighted by Gasteiger charge is 2.17. The summed E-state index contributed by atoms with van der Waals surface area (Å²) in [7, 11) is 0.285. The lowest BCUT2D eigenvalue weighted by molar-refractivity contribution is -0.385. The van der Waals surface area contributed by atoms with Crippen LogP contribution in [0.4, 0.5) is 5.69 Å². The Morgan fingerprint density at radius 2 is 1.70 bits per heavy atom. The van der Waals surface area contributed by atoms with Gasteiger partial charge in [0.25, 0.3) is 15.7 Å². The van der Waals surface area contributed by atoms with E-state index in [1.165, 1.54) is 45.7 Å². The summed E-state index contributed by atoms with van der Waals surface area (Å²) in [5.74, 6) is 1.13. The van der Waals surface area contributed by atoms with Gasteiger partial charge in [-0.3, -0.25) is 10.1 Å². The molecule has 0 bridgehead atoms. The molecule has 10 nitrogen and oxygen atoms in total. The molecule has 2 aromatic rings. The third-order valence-electron chi connectivity index (χ3n) is 3.41. The van der Waals surface area contributed by atoms with Crippen LogP contribution >= 0.6 is 0 Å². The zero-order valence-electron chi connectivity index (χ0n) is 14.7. The third-order valence-corrected chi connectivity index (χ3v) is 4.63. The molecule has 0 radical (unpaired) electrons. The van der Waals surface area contributed by atoms with Crippen molar-refractivity contribution in [2.45, 2.75) is 4.90 Å². The Hall–Kier alpha value is -3.34. The minimum absolute atomic E-state index is 0.279. The molecule has 1 N–H and O–H groups in total. The van der Waals surface area contributed by atoms with Gasteiger partial charge in [0.05, 0.1) is 37.4 Å². The molecule has 0 amide bonds. The van der Waals surface area contributed by atoms with Crippen molar-refractivity contribution in [3.8, 4) is 17.2 Å². The molecule has 0 aliphatic rings. The number of hydrogen-bond donors (Lipinski definition) is 1. The molecule has 27 heavy (non-hydrogen) atoms. The monoisotopic (exact) mass is 395 g/mol. The molecule has 0 aromatic heterocycles. The van der Waals surface area contributed by atoms with E-state index in [9.17, 15) is 18.5 Å². The van der Waals surface area contributed by atoms with Crippen molar-refractivity contribution >= 4 is 21.9 Å². The summed E-state index contributed by atoms with van der Waals surface area (Å²) in [6.45, 7) is 0. The first-order chi connectivity index (χ1) is 12.8. The maximum Gasteiger partial charge on any atom is 0.276 e. The topological polar surface area (TPSA) is 129 Å². The highest BCUT2D eigenvalue weighted by Crippen LogP contribution is 2.37. The number of methoxy groups -OCH3 is 3. The number of ether oxygens (including phenoxy) is 3. The molecule has 144 valence electrons. The molecule has 0 aliphatic carbocycles. The largest absolute Gasteiger partial charge is 0.493 e. The van der Waals surface area contributed by atoms with Gasteiger partial charge in [-0.1, -0.05) is 6.07 Å². The van der Waals surface area contributed by atoms with Crippen LogP contribution in [-0.2, 0) is 10.0 Å². The zero-order valence-corrected chi connectivity index (χ0v) is 15.5. The lowest BCUT2D eigenvalue weighted by Gasteiger charge is -2.12. The Kier molecular flexibility index (Phi) is 6.19. The summed E-state index contributed by atoms with van der Waals surface area (Å²) >= 11 is 0. The highest BCUT2D eigenvalue weighted by atomic mass is 32.2. The molecule has 0 saturated heterocycles. The van der Waals surface area contributed by atoms with Crippen LogP contribution in [0.15, 0.2) is 46.4 Å². The van der Waals surface area contributed by atoms with Crippen molar-refractivity contribution in [2.24, 2.45) is 5.10 Å². The van der Waals surface area contributed by atoms with Crippen LogP contribution in [0.3, 0.4) is 0 Å². The van der Waals surface area contributed by atoms with E-state index in [0.29, 0.717) is 22.8 Å². The van der Waals surface area contributed by atoms with Crippen molar-refractivity contribution in [3.63, 3.8) is 0 Å². The smallest absolute Gasteiger partial charge is 0.276 e. The average molecular weight is 395 g/mol. The summed E-state index contributed by atoms with van der Waals surface area (Å²) in [5, 5.41) is 14.5. The number of nitro groups is 1. The van der Waals surface area contributed by atoms with E-state index in [4.69, 9.17) is 14.2 Å². The summed E-state index contributed by atoms with van der Waals surface area (Å²) in [6.07, 6.45) is 1.24. The van der Waals surface area contributed by atoms with Crippen LogP contribution in [0.2, 0.25) is 0 Å². The summed E-state index contributed by atoms with van der Waals surface area (Å²) in [4.78, 5) is 11.8. The second kappa shape index (κ2) is 8.36. The predicted molar refractivity (Wildman–Crippen MR) is 97.1 cm³/mol. The molecule has 0 fully saturated rings. The molecule has 0 heterocycles. The standard InChI is InChI=1S/C16H17N3O7S/c1-24-14-7-11(8-15(25-2)16(14)26-3)10-17-18-27(22,23)13-6-4-5-12(9-13)19(20)21/h4-10,18H,1-3H3/b17-10+. The summed E-state index contributed by atoms with van der Waals surface area (Å²) in [6, 6.07) is 7.79. The van der Waals surface area contributed by atoms with Crippen molar-refractivity contribution < 1.29 is 27.6 Å². The second-order valence-corrected chi connectivity index (χ2v) is 6.73. The van der Waals surface area contributed by atoms with Crippen molar-refractivity contribution in [2.75, 3.05) is 21.3 Å². The van der Waals surface area contributed by atoms with Crippen LogP contribution in [0.1, 0.15) is 5.56 Å². The molecule has 0 unspecified atom stereocenters. The Labute approximate surface area is 155 Å². The SMILES string of the molecule is COc1cc(/C=N/NS(=O)(=O)c2cccc([N+](=O)[O-])c2)cc(OC)c1OC. The number of benzene rings is 2. The first-order valence-corrected chi connectivity index (χ1v) is 8.90.